The van der Waals surface area contributed by atoms with Gasteiger partial charge in [0.05, 0.1) is 12.8 Å². The first kappa shape index (κ1) is 12.3. The van der Waals surface area contributed by atoms with Crippen LogP contribution in [-0.4, -0.2) is 19.1 Å². The number of rotatable bonds is 5. The van der Waals surface area contributed by atoms with Gasteiger partial charge in [-0.25, -0.2) is 4.39 Å². The molecule has 0 saturated heterocycles. The summed E-state index contributed by atoms with van der Waals surface area (Å²) in [6, 6.07) is 4.14. The van der Waals surface area contributed by atoms with Gasteiger partial charge in [-0.3, -0.25) is 4.79 Å². The lowest BCUT2D eigenvalue weighted by atomic mass is 10.2. The molecule has 0 aliphatic heterocycles. The molecule has 1 atom stereocenters. The van der Waals surface area contributed by atoms with Crippen molar-refractivity contribution in [3.05, 3.63) is 24.0 Å². The number of nitrogens with two attached hydrogens (primary N) is 1. The van der Waals surface area contributed by atoms with Crippen LogP contribution in [0.2, 0.25) is 0 Å². The molecule has 0 aliphatic carbocycles. The molecule has 5 heteroatoms. The summed E-state index contributed by atoms with van der Waals surface area (Å²) in [5, 5.41) is 2.86. The Labute approximate surface area is 93.6 Å². The predicted octanol–water partition coefficient (Wildman–Crippen LogP) is 1.51. The van der Waals surface area contributed by atoms with Crippen LogP contribution in [0.5, 0.6) is 5.75 Å². The zero-order valence-corrected chi connectivity index (χ0v) is 9.29. The van der Waals surface area contributed by atoms with Gasteiger partial charge in [0, 0.05) is 18.5 Å². The minimum Gasteiger partial charge on any atom is -0.497 e. The summed E-state index contributed by atoms with van der Waals surface area (Å²) in [6.45, 7) is 1.75. The van der Waals surface area contributed by atoms with Crippen molar-refractivity contribution in [2.24, 2.45) is 5.73 Å². The highest BCUT2D eigenvalue weighted by atomic mass is 19.1. The van der Waals surface area contributed by atoms with Gasteiger partial charge in [-0.05, 0) is 19.1 Å². The van der Waals surface area contributed by atoms with Crippen molar-refractivity contribution in [2.45, 2.75) is 19.4 Å². The number of ether oxygens (including phenoxy) is 1. The van der Waals surface area contributed by atoms with Crippen molar-refractivity contribution in [3.63, 3.8) is 0 Å². The summed E-state index contributed by atoms with van der Waals surface area (Å²) in [5.41, 5.74) is 5.34. The number of primary amides is 1. The number of halogens is 1. The van der Waals surface area contributed by atoms with E-state index in [1.54, 1.807) is 6.92 Å². The van der Waals surface area contributed by atoms with Crippen molar-refractivity contribution in [3.8, 4) is 5.75 Å². The number of amides is 1. The zero-order chi connectivity index (χ0) is 12.1. The van der Waals surface area contributed by atoms with Gasteiger partial charge in [0.1, 0.15) is 11.6 Å². The smallest absolute Gasteiger partial charge is 0.219 e. The SMILES string of the molecule is COc1ccc(F)c(NC(C)CC(N)=O)c1. The van der Waals surface area contributed by atoms with Gasteiger partial charge in [0.25, 0.3) is 0 Å². The lowest BCUT2D eigenvalue weighted by Gasteiger charge is -2.14. The van der Waals surface area contributed by atoms with Gasteiger partial charge in [-0.2, -0.15) is 0 Å². The molecule has 0 aliphatic rings. The molecule has 1 aromatic carbocycles. The Hall–Kier alpha value is -1.78. The summed E-state index contributed by atoms with van der Waals surface area (Å²) >= 11 is 0. The molecule has 0 radical (unpaired) electrons. The monoisotopic (exact) mass is 226 g/mol. The summed E-state index contributed by atoms with van der Waals surface area (Å²) < 4.78 is 18.3. The predicted molar refractivity (Wildman–Crippen MR) is 59.8 cm³/mol. The first-order valence-corrected chi connectivity index (χ1v) is 4.91. The summed E-state index contributed by atoms with van der Waals surface area (Å²) in [7, 11) is 1.50. The minimum atomic E-state index is -0.427. The molecule has 1 amide bonds. The third kappa shape index (κ3) is 3.42. The lowest BCUT2D eigenvalue weighted by molar-refractivity contribution is -0.118. The highest BCUT2D eigenvalue weighted by molar-refractivity contribution is 5.74. The molecular weight excluding hydrogens is 211 g/mol. The van der Waals surface area contributed by atoms with Crippen LogP contribution in [0, 0.1) is 5.82 Å². The normalized spacial score (nSPS) is 11.9. The second-order valence-electron chi connectivity index (χ2n) is 3.56. The highest BCUT2D eigenvalue weighted by Crippen LogP contribution is 2.21. The van der Waals surface area contributed by atoms with Gasteiger partial charge < -0.3 is 15.8 Å². The largest absolute Gasteiger partial charge is 0.497 e. The van der Waals surface area contributed by atoms with Crippen LogP contribution < -0.4 is 15.8 Å². The summed E-state index contributed by atoms with van der Waals surface area (Å²) in [4.78, 5) is 10.7. The number of nitrogens with one attached hydrogen (secondary N) is 1. The van der Waals surface area contributed by atoms with E-state index < -0.39 is 11.7 Å². The van der Waals surface area contributed by atoms with Crippen molar-refractivity contribution in [2.75, 3.05) is 12.4 Å². The standard InChI is InChI=1S/C11H15FN2O2/c1-7(5-11(13)15)14-10-6-8(16-2)3-4-9(10)12/h3-4,6-7,14H,5H2,1-2H3,(H2,13,15). The van der Waals surface area contributed by atoms with Crippen LogP contribution in [0.1, 0.15) is 13.3 Å². The van der Waals surface area contributed by atoms with E-state index in [2.05, 4.69) is 5.32 Å². The second kappa shape index (κ2) is 5.34. The Morgan fingerprint density at radius 2 is 2.31 bits per heavy atom. The average Bonchev–Trinajstić information content (AvgIpc) is 2.20. The Bertz CT molecular complexity index is 382. The number of anilines is 1. The van der Waals surface area contributed by atoms with Crippen molar-refractivity contribution < 1.29 is 13.9 Å². The van der Waals surface area contributed by atoms with Crippen LogP contribution in [0.25, 0.3) is 0 Å². The Kier molecular flexibility index (Phi) is 4.10. The van der Waals surface area contributed by atoms with Crippen molar-refractivity contribution in [1.82, 2.24) is 0 Å². The molecule has 0 aromatic heterocycles. The van der Waals surface area contributed by atoms with Crippen molar-refractivity contribution in [1.29, 1.82) is 0 Å². The van der Waals surface area contributed by atoms with Crippen molar-refractivity contribution >= 4 is 11.6 Å². The molecule has 1 aromatic rings. The molecule has 1 unspecified atom stereocenters. The topological polar surface area (TPSA) is 64.3 Å². The third-order valence-corrected chi connectivity index (χ3v) is 2.08. The third-order valence-electron chi connectivity index (χ3n) is 2.08. The van der Waals surface area contributed by atoms with Crippen LogP contribution in [-0.2, 0) is 4.79 Å². The molecule has 0 spiro atoms. The van der Waals surface area contributed by atoms with Gasteiger partial charge in [0.15, 0.2) is 0 Å². The van der Waals surface area contributed by atoms with E-state index in [0.717, 1.165) is 0 Å². The fourth-order valence-electron chi connectivity index (χ4n) is 1.36. The second-order valence-corrected chi connectivity index (χ2v) is 3.56. The van der Waals surface area contributed by atoms with Crippen LogP contribution in [0.3, 0.4) is 0 Å². The Morgan fingerprint density at radius 3 is 2.88 bits per heavy atom. The van der Waals surface area contributed by atoms with E-state index in [4.69, 9.17) is 10.5 Å². The lowest BCUT2D eigenvalue weighted by Crippen LogP contribution is -2.24. The number of hydrogen-bond acceptors (Lipinski definition) is 3. The average molecular weight is 226 g/mol. The fourth-order valence-corrected chi connectivity index (χ4v) is 1.36. The van der Waals surface area contributed by atoms with Gasteiger partial charge in [-0.15, -0.1) is 0 Å². The summed E-state index contributed by atoms with van der Waals surface area (Å²) in [5.74, 6) is -0.268. The van der Waals surface area contributed by atoms with E-state index >= 15 is 0 Å². The first-order valence-electron chi connectivity index (χ1n) is 4.91. The zero-order valence-electron chi connectivity index (χ0n) is 9.29. The van der Waals surface area contributed by atoms with E-state index in [9.17, 15) is 9.18 Å². The molecule has 0 heterocycles. The van der Waals surface area contributed by atoms with Crippen LogP contribution >= 0.6 is 0 Å². The van der Waals surface area contributed by atoms with E-state index in [1.807, 2.05) is 0 Å². The maximum Gasteiger partial charge on any atom is 0.219 e. The maximum absolute atomic E-state index is 13.4. The Balaban J connectivity index is 2.75. The Morgan fingerprint density at radius 1 is 1.62 bits per heavy atom. The molecule has 0 bridgehead atoms. The number of carbonyl (C=O) groups is 1. The van der Waals surface area contributed by atoms with Gasteiger partial charge in [0.2, 0.25) is 5.91 Å². The van der Waals surface area contributed by atoms with E-state index in [0.29, 0.717) is 11.4 Å². The number of methoxy groups -OCH3 is 1. The van der Waals surface area contributed by atoms with E-state index in [-0.39, 0.29) is 12.5 Å². The van der Waals surface area contributed by atoms with Crippen LogP contribution in [0.15, 0.2) is 18.2 Å². The molecular formula is C11H15FN2O2. The molecule has 88 valence electrons. The molecule has 3 N–H and O–H groups in total. The quantitative estimate of drug-likeness (QED) is 0.799. The number of hydrogen-bond donors (Lipinski definition) is 2. The molecule has 16 heavy (non-hydrogen) atoms. The number of benzene rings is 1. The maximum atomic E-state index is 13.4. The molecule has 4 nitrogen and oxygen atoms in total. The first-order chi connectivity index (χ1) is 7.52. The molecule has 0 saturated carbocycles. The molecule has 1 rings (SSSR count). The fraction of sp³-hybridized carbons (Fsp3) is 0.364. The van der Waals surface area contributed by atoms with Gasteiger partial charge >= 0.3 is 0 Å². The number of carbonyl (C=O) groups excluding carboxylic acids is 1. The van der Waals surface area contributed by atoms with Crippen LogP contribution in [0.4, 0.5) is 10.1 Å². The van der Waals surface area contributed by atoms with Gasteiger partial charge in [-0.1, -0.05) is 0 Å². The minimum absolute atomic E-state index is 0.149. The molecule has 0 fully saturated rings. The highest BCUT2D eigenvalue weighted by Gasteiger charge is 2.09. The summed E-state index contributed by atoms with van der Waals surface area (Å²) in [6.07, 6.45) is 0.149. The van der Waals surface area contributed by atoms with E-state index in [1.165, 1.54) is 25.3 Å².